The number of benzene rings is 1. The minimum atomic E-state index is -3.79. The van der Waals surface area contributed by atoms with Crippen LogP contribution in [0.4, 0.5) is 0 Å². The highest BCUT2D eigenvalue weighted by Gasteiger charge is 2.43. The lowest BCUT2D eigenvalue weighted by Crippen LogP contribution is -2.54. The van der Waals surface area contributed by atoms with Crippen molar-refractivity contribution in [1.29, 1.82) is 0 Å². The second-order valence-electron chi connectivity index (χ2n) is 16.2. The number of aryl methyl sites for hydroxylation is 1. The number of allylic oxidation sites excluding steroid dienone is 1. The van der Waals surface area contributed by atoms with E-state index in [4.69, 9.17) is 8.85 Å². The van der Waals surface area contributed by atoms with Gasteiger partial charge < -0.3 is 8.85 Å². The van der Waals surface area contributed by atoms with Crippen LogP contribution in [0.2, 0.25) is 36.3 Å². The van der Waals surface area contributed by atoms with Crippen molar-refractivity contribution in [3.05, 3.63) is 42.0 Å². The highest BCUT2D eigenvalue weighted by Crippen LogP contribution is 2.39. The molecule has 1 aromatic rings. The lowest BCUT2D eigenvalue weighted by atomic mass is 10.0. The highest BCUT2D eigenvalue weighted by atomic mass is 32.2. The summed E-state index contributed by atoms with van der Waals surface area (Å²) in [7, 11) is -8.17. The van der Waals surface area contributed by atoms with Gasteiger partial charge in [0, 0.05) is 0 Å². The summed E-state index contributed by atoms with van der Waals surface area (Å²) in [4.78, 5) is 0.265. The zero-order valence-electron chi connectivity index (χ0n) is 31.4. The minimum absolute atomic E-state index is 0.00799. The molecule has 0 fully saturated rings. The van der Waals surface area contributed by atoms with Gasteiger partial charge in [0.1, 0.15) is 0 Å². The molecule has 0 aliphatic heterocycles. The van der Waals surface area contributed by atoms with Crippen LogP contribution in [0.5, 0.6) is 0 Å². The van der Waals surface area contributed by atoms with Gasteiger partial charge in [0.05, 0.1) is 23.6 Å². The normalized spacial score (nSPS) is 15.1. The van der Waals surface area contributed by atoms with E-state index in [0.717, 1.165) is 18.4 Å². The fourth-order valence-corrected chi connectivity index (χ4v) is 8.16. The van der Waals surface area contributed by atoms with Crippen molar-refractivity contribution in [2.24, 2.45) is 0 Å². The monoisotopic (exact) mass is 681 g/mol. The summed E-state index contributed by atoms with van der Waals surface area (Å²) in [6.07, 6.45) is 19.4. The first-order chi connectivity index (χ1) is 20.7. The molecule has 8 heteroatoms. The lowest BCUT2D eigenvalue weighted by molar-refractivity contribution is 0.143. The Labute approximate surface area is 282 Å². The number of unbranched alkanes of at least 4 members (excludes halogenated alkanes) is 11. The van der Waals surface area contributed by atoms with Gasteiger partial charge in [0.15, 0.2) is 16.6 Å². The van der Waals surface area contributed by atoms with Crippen LogP contribution < -0.4 is 4.72 Å². The summed E-state index contributed by atoms with van der Waals surface area (Å²) >= 11 is 0. The Kier molecular flexibility index (Phi) is 18.1. The van der Waals surface area contributed by atoms with E-state index >= 15 is 0 Å². The molecule has 45 heavy (non-hydrogen) atoms. The molecule has 0 heterocycles. The first-order valence-corrected chi connectivity index (χ1v) is 25.1. The van der Waals surface area contributed by atoms with Crippen LogP contribution in [0.3, 0.4) is 0 Å². The first kappa shape index (κ1) is 42.2. The van der Waals surface area contributed by atoms with Crippen LogP contribution in [-0.2, 0) is 18.9 Å². The largest absolute Gasteiger partial charge is 0.415 e. The molecule has 0 aliphatic carbocycles. The van der Waals surface area contributed by atoms with Crippen molar-refractivity contribution in [1.82, 2.24) is 4.72 Å². The van der Waals surface area contributed by atoms with Crippen LogP contribution in [-0.4, -0.2) is 43.8 Å². The van der Waals surface area contributed by atoms with Gasteiger partial charge in [-0.1, -0.05) is 143 Å². The van der Waals surface area contributed by atoms with Gasteiger partial charge in [-0.2, -0.15) is 0 Å². The molecule has 5 nitrogen and oxygen atoms in total. The van der Waals surface area contributed by atoms with Crippen LogP contribution in [0, 0.1) is 6.92 Å². The van der Waals surface area contributed by atoms with Gasteiger partial charge in [-0.3, -0.25) is 0 Å². The number of hydrogen-bond acceptors (Lipinski definition) is 4. The Balaban J connectivity index is 3.09. The molecule has 1 rings (SSSR count). The molecule has 0 unspecified atom stereocenters. The Bertz CT molecular complexity index is 1090. The molecule has 1 aromatic carbocycles. The van der Waals surface area contributed by atoms with Crippen molar-refractivity contribution >= 4 is 26.7 Å². The number of sulfonamides is 1. The Morgan fingerprint density at radius 1 is 0.756 bits per heavy atom. The van der Waals surface area contributed by atoms with Crippen molar-refractivity contribution in [2.45, 2.75) is 186 Å². The molecule has 0 amide bonds. The maximum absolute atomic E-state index is 13.7. The molecule has 2 atom stereocenters. The Morgan fingerprint density at radius 3 is 1.69 bits per heavy atom. The second-order valence-corrected chi connectivity index (χ2v) is 27.5. The smallest absolute Gasteiger partial charge is 0.240 e. The van der Waals surface area contributed by atoms with Gasteiger partial charge in [0.2, 0.25) is 10.0 Å². The zero-order chi connectivity index (χ0) is 34.4. The fourth-order valence-electron chi connectivity index (χ4n) is 4.62. The van der Waals surface area contributed by atoms with E-state index in [0.29, 0.717) is 0 Å². The van der Waals surface area contributed by atoms with Crippen LogP contribution in [0.15, 0.2) is 41.3 Å². The van der Waals surface area contributed by atoms with Crippen molar-refractivity contribution < 1.29 is 17.3 Å². The van der Waals surface area contributed by atoms with E-state index in [1.54, 1.807) is 12.1 Å². The van der Waals surface area contributed by atoms with Crippen LogP contribution >= 0.6 is 0 Å². The van der Waals surface area contributed by atoms with Crippen molar-refractivity contribution in [3.8, 4) is 0 Å². The van der Waals surface area contributed by atoms with E-state index in [-0.39, 0.29) is 21.6 Å². The van der Waals surface area contributed by atoms with Crippen LogP contribution in [0.1, 0.15) is 131 Å². The summed E-state index contributed by atoms with van der Waals surface area (Å²) < 4.78 is 44.1. The van der Waals surface area contributed by atoms with E-state index in [2.05, 4.69) is 91.5 Å². The summed E-state index contributed by atoms with van der Waals surface area (Å²) in [5.41, 5.74) is 1.02. The maximum Gasteiger partial charge on any atom is 0.240 e. The molecule has 0 aliphatic rings. The molecule has 1 N–H and O–H groups in total. The third-order valence-electron chi connectivity index (χ3n) is 10.0. The third kappa shape index (κ3) is 15.8. The van der Waals surface area contributed by atoms with Gasteiger partial charge in [-0.05, 0) is 68.2 Å². The van der Waals surface area contributed by atoms with Gasteiger partial charge >= 0.3 is 0 Å². The highest BCUT2D eigenvalue weighted by molar-refractivity contribution is 7.89. The molecule has 0 saturated carbocycles. The van der Waals surface area contributed by atoms with E-state index in [1.165, 1.54) is 64.2 Å². The SMILES string of the molecule is CCCCCCCCCCCCC/C=C/[C@@H](O[Si](C)(C)C(C)(C)C)[C@H](CO[Si](C)(C)C(C)(C)C)NS(=O)(=O)c1ccc(C)cc1. The molecule has 0 aromatic heterocycles. The van der Waals surface area contributed by atoms with Crippen LogP contribution in [0.25, 0.3) is 0 Å². The van der Waals surface area contributed by atoms with E-state index in [1.807, 2.05) is 19.1 Å². The number of nitrogens with one attached hydrogen (secondary N) is 1. The Morgan fingerprint density at radius 2 is 1.22 bits per heavy atom. The number of hydrogen-bond donors (Lipinski definition) is 1. The third-order valence-corrected chi connectivity index (χ3v) is 20.5. The topological polar surface area (TPSA) is 64.6 Å². The average molecular weight is 682 g/mol. The quantitative estimate of drug-likeness (QED) is 0.0751. The predicted octanol–water partition coefficient (Wildman–Crippen LogP) is 11.3. The molecule has 0 bridgehead atoms. The fraction of sp³-hybridized carbons (Fsp3) is 0.784. The molecule has 0 saturated heterocycles. The first-order valence-electron chi connectivity index (χ1n) is 17.8. The lowest BCUT2D eigenvalue weighted by Gasteiger charge is -2.42. The summed E-state index contributed by atoms with van der Waals surface area (Å²) in [6.45, 7) is 26.7. The van der Waals surface area contributed by atoms with Crippen molar-refractivity contribution in [2.75, 3.05) is 6.61 Å². The maximum atomic E-state index is 13.7. The Hall–Kier alpha value is -0.776. The standard InChI is InChI=1S/C37H71NO4SSi2/c1-13-14-15-16-17-18-19-20-21-22-23-24-25-26-35(42-45(11,12)37(6,7)8)34(31-41-44(9,10)36(3,4)5)38-43(39,40)33-29-27-32(2)28-30-33/h25-30,34-35,38H,13-24,31H2,1-12H3/b26-25+/t34-,35+/m0/s1. The summed E-state index contributed by atoms with van der Waals surface area (Å²) in [5.74, 6) is 0. The van der Waals surface area contributed by atoms with Crippen molar-refractivity contribution in [3.63, 3.8) is 0 Å². The minimum Gasteiger partial charge on any atom is -0.415 e. The predicted molar refractivity (Wildman–Crippen MR) is 201 cm³/mol. The number of rotatable bonds is 22. The van der Waals surface area contributed by atoms with Gasteiger partial charge in [0.25, 0.3) is 0 Å². The zero-order valence-corrected chi connectivity index (χ0v) is 34.2. The van der Waals surface area contributed by atoms with E-state index < -0.39 is 38.8 Å². The average Bonchev–Trinajstić information content (AvgIpc) is 2.92. The molecular weight excluding hydrogens is 611 g/mol. The molecular formula is C37H71NO4SSi2. The molecule has 262 valence electrons. The van der Waals surface area contributed by atoms with E-state index in [9.17, 15) is 8.42 Å². The summed E-state index contributed by atoms with van der Waals surface area (Å²) in [5, 5.41) is -0.0101. The summed E-state index contributed by atoms with van der Waals surface area (Å²) in [6, 6.07) is 6.48. The van der Waals surface area contributed by atoms with Gasteiger partial charge in [-0.25, -0.2) is 13.1 Å². The van der Waals surface area contributed by atoms with Gasteiger partial charge in [-0.15, -0.1) is 0 Å². The molecule has 0 radical (unpaired) electrons. The molecule has 0 spiro atoms. The second kappa shape index (κ2) is 19.3.